The lowest BCUT2D eigenvalue weighted by atomic mass is 10.1. The van der Waals surface area contributed by atoms with Gasteiger partial charge in [0.2, 0.25) is 0 Å². The molecule has 1 rings (SSSR count). The van der Waals surface area contributed by atoms with Crippen molar-refractivity contribution in [1.82, 2.24) is 5.32 Å². The highest BCUT2D eigenvalue weighted by molar-refractivity contribution is 7.91. The number of rotatable bonds is 5. The molecule has 14 heavy (non-hydrogen) atoms. The summed E-state index contributed by atoms with van der Waals surface area (Å²) in [6.45, 7) is 3.53. The largest absolute Gasteiger partial charge is 0.329 e. The van der Waals surface area contributed by atoms with Crippen molar-refractivity contribution < 1.29 is 8.42 Å². The van der Waals surface area contributed by atoms with Crippen molar-refractivity contribution in [2.45, 2.75) is 25.8 Å². The number of hydrogen-bond donors (Lipinski definition) is 2. The van der Waals surface area contributed by atoms with Crippen LogP contribution in [0.1, 0.15) is 19.8 Å². The molecule has 1 saturated heterocycles. The second kappa shape index (κ2) is 5.09. The Kier molecular flexibility index (Phi) is 4.34. The molecule has 0 radical (unpaired) electrons. The topological polar surface area (TPSA) is 72.2 Å². The van der Waals surface area contributed by atoms with E-state index in [0.29, 0.717) is 30.0 Å². The Morgan fingerprint density at radius 3 is 2.79 bits per heavy atom. The van der Waals surface area contributed by atoms with Crippen molar-refractivity contribution in [3.8, 4) is 0 Å². The van der Waals surface area contributed by atoms with E-state index in [2.05, 4.69) is 5.32 Å². The van der Waals surface area contributed by atoms with Crippen LogP contribution >= 0.6 is 0 Å². The number of hydrogen-bond acceptors (Lipinski definition) is 4. The van der Waals surface area contributed by atoms with Gasteiger partial charge >= 0.3 is 0 Å². The second-order valence-corrected chi connectivity index (χ2v) is 6.38. The van der Waals surface area contributed by atoms with E-state index in [1.54, 1.807) is 0 Å². The molecule has 1 fully saturated rings. The van der Waals surface area contributed by atoms with Gasteiger partial charge in [0.15, 0.2) is 9.84 Å². The predicted molar refractivity (Wildman–Crippen MR) is 57.9 cm³/mol. The van der Waals surface area contributed by atoms with Crippen molar-refractivity contribution in [3.63, 3.8) is 0 Å². The summed E-state index contributed by atoms with van der Waals surface area (Å²) in [6.07, 6.45) is 1.78. The minimum Gasteiger partial charge on any atom is -0.329 e. The minimum atomic E-state index is -2.70. The molecule has 0 aliphatic carbocycles. The Morgan fingerprint density at radius 1 is 1.57 bits per heavy atom. The molecule has 1 unspecified atom stereocenters. The summed E-state index contributed by atoms with van der Waals surface area (Å²) in [5.41, 5.74) is 5.45. The minimum absolute atomic E-state index is 0.327. The summed E-state index contributed by atoms with van der Waals surface area (Å²) in [7, 11) is -2.70. The second-order valence-electron chi connectivity index (χ2n) is 4.15. The molecular weight excluding hydrogens is 200 g/mol. The molecule has 1 aliphatic heterocycles. The van der Waals surface area contributed by atoms with Crippen LogP contribution in [0.2, 0.25) is 0 Å². The molecule has 84 valence electrons. The molecule has 0 amide bonds. The average molecular weight is 220 g/mol. The van der Waals surface area contributed by atoms with Crippen LogP contribution in [-0.4, -0.2) is 39.1 Å². The van der Waals surface area contributed by atoms with Crippen molar-refractivity contribution in [2.75, 3.05) is 24.6 Å². The van der Waals surface area contributed by atoms with Crippen LogP contribution in [0, 0.1) is 5.92 Å². The van der Waals surface area contributed by atoms with Gasteiger partial charge < -0.3 is 11.1 Å². The van der Waals surface area contributed by atoms with Crippen molar-refractivity contribution in [2.24, 2.45) is 11.7 Å². The van der Waals surface area contributed by atoms with Gasteiger partial charge in [0.05, 0.1) is 11.5 Å². The first-order valence-corrected chi connectivity index (χ1v) is 6.99. The first kappa shape index (κ1) is 11.9. The van der Waals surface area contributed by atoms with Crippen molar-refractivity contribution >= 4 is 9.84 Å². The molecule has 0 bridgehead atoms. The van der Waals surface area contributed by atoms with Crippen LogP contribution in [0.3, 0.4) is 0 Å². The lowest BCUT2D eigenvalue weighted by Gasteiger charge is -2.13. The van der Waals surface area contributed by atoms with Crippen LogP contribution in [0.25, 0.3) is 0 Å². The zero-order valence-electron chi connectivity index (χ0n) is 8.70. The Bertz CT molecular complexity index is 264. The van der Waals surface area contributed by atoms with Crippen LogP contribution in [-0.2, 0) is 9.84 Å². The Labute approximate surface area is 86.2 Å². The highest BCUT2D eigenvalue weighted by Gasteiger charge is 2.27. The maximum absolute atomic E-state index is 11.2. The maximum Gasteiger partial charge on any atom is 0.150 e. The fraction of sp³-hybridized carbons (Fsp3) is 1.00. The number of nitrogens with one attached hydrogen (secondary N) is 1. The van der Waals surface area contributed by atoms with Gasteiger partial charge in [0.1, 0.15) is 0 Å². The van der Waals surface area contributed by atoms with Crippen LogP contribution in [0.4, 0.5) is 0 Å². The molecule has 1 aliphatic rings. The predicted octanol–water partition coefficient (Wildman–Crippen LogP) is -0.252. The molecule has 4 nitrogen and oxygen atoms in total. The summed E-state index contributed by atoms with van der Waals surface area (Å²) in [6, 6.07) is 0.327. The Hall–Kier alpha value is -0.130. The fourth-order valence-electron chi connectivity index (χ4n) is 1.72. The molecule has 0 saturated carbocycles. The summed E-state index contributed by atoms with van der Waals surface area (Å²) >= 11 is 0. The van der Waals surface area contributed by atoms with E-state index in [-0.39, 0.29) is 0 Å². The van der Waals surface area contributed by atoms with E-state index in [0.717, 1.165) is 19.4 Å². The summed E-state index contributed by atoms with van der Waals surface area (Å²) < 4.78 is 22.3. The third-order valence-corrected chi connectivity index (χ3v) is 4.56. The Balaban J connectivity index is 2.15. The van der Waals surface area contributed by atoms with Gasteiger partial charge in [-0.15, -0.1) is 0 Å². The zero-order chi connectivity index (χ0) is 10.6. The number of sulfone groups is 1. The summed E-state index contributed by atoms with van der Waals surface area (Å²) in [4.78, 5) is 0. The van der Waals surface area contributed by atoms with Gasteiger partial charge in [-0.25, -0.2) is 8.42 Å². The smallest absolute Gasteiger partial charge is 0.150 e. The first-order chi connectivity index (χ1) is 6.53. The standard InChI is InChI=1S/C9H20N2O2S/c1-8(6-10)11-4-2-9-3-5-14(12,13)7-9/h8-9,11H,2-7,10H2,1H3/t8-,9?/m1/s1. The molecule has 1 heterocycles. The third-order valence-electron chi connectivity index (χ3n) is 2.73. The van der Waals surface area contributed by atoms with Gasteiger partial charge in [-0.1, -0.05) is 0 Å². The molecule has 5 heteroatoms. The van der Waals surface area contributed by atoms with Gasteiger partial charge in [-0.2, -0.15) is 0 Å². The van der Waals surface area contributed by atoms with Gasteiger partial charge in [0.25, 0.3) is 0 Å². The monoisotopic (exact) mass is 220 g/mol. The van der Waals surface area contributed by atoms with Crippen LogP contribution < -0.4 is 11.1 Å². The fourth-order valence-corrected chi connectivity index (χ4v) is 3.63. The molecule has 2 atom stereocenters. The summed E-state index contributed by atoms with van der Waals surface area (Å²) in [5.74, 6) is 1.12. The van der Waals surface area contributed by atoms with E-state index < -0.39 is 9.84 Å². The van der Waals surface area contributed by atoms with E-state index in [1.807, 2.05) is 6.92 Å². The molecule has 0 aromatic carbocycles. The normalized spacial score (nSPS) is 27.7. The van der Waals surface area contributed by atoms with E-state index in [9.17, 15) is 8.42 Å². The maximum atomic E-state index is 11.2. The quantitative estimate of drug-likeness (QED) is 0.670. The van der Waals surface area contributed by atoms with Crippen LogP contribution in [0.15, 0.2) is 0 Å². The van der Waals surface area contributed by atoms with Crippen molar-refractivity contribution in [3.05, 3.63) is 0 Å². The molecule has 3 N–H and O–H groups in total. The van der Waals surface area contributed by atoms with E-state index in [1.165, 1.54) is 0 Å². The molecule has 0 spiro atoms. The first-order valence-electron chi connectivity index (χ1n) is 5.17. The lowest BCUT2D eigenvalue weighted by Crippen LogP contribution is -2.34. The van der Waals surface area contributed by atoms with E-state index >= 15 is 0 Å². The number of nitrogens with two attached hydrogens (primary N) is 1. The van der Waals surface area contributed by atoms with Crippen LogP contribution in [0.5, 0.6) is 0 Å². The SMILES string of the molecule is C[C@H](CN)NCCC1CCS(=O)(=O)C1. The highest BCUT2D eigenvalue weighted by Crippen LogP contribution is 2.20. The summed E-state index contributed by atoms with van der Waals surface area (Å²) in [5, 5.41) is 3.27. The van der Waals surface area contributed by atoms with E-state index in [4.69, 9.17) is 5.73 Å². The average Bonchev–Trinajstić information content (AvgIpc) is 2.45. The molecular formula is C9H20N2O2S. The highest BCUT2D eigenvalue weighted by atomic mass is 32.2. The van der Waals surface area contributed by atoms with Crippen molar-refractivity contribution in [1.29, 1.82) is 0 Å². The molecule has 0 aromatic rings. The Morgan fingerprint density at radius 2 is 2.29 bits per heavy atom. The zero-order valence-corrected chi connectivity index (χ0v) is 9.52. The van der Waals surface area contributed by atoms with Gasteiger partial charge in [-0.3, -0.25) is 0 Å². The lowest BCUT2D eigenvalue weighted by molar-refractivity contribution is 0.474. The molecule has 0 aromatic heterocycles. The third kappa shape index (κ3) is 3.94. The van der Waals surface area contributed by atoms with Gasteiger partial charge in [0, 0.05) is 12.6 Å². The van der Waals surface area contributed by atoms with Gasteiger partial charge in [-0.05, 0) is 32.2 Å².